The van der Waals surface area contributed by atoms with Gasteiger partial charge in [-0.15, -0.1) is 0 Å². The van der Waals surface area contributed by atoms with Crippen molar-refractivity contribution >= 4 is 39.1 Å². The molecule has 0 aromatic carbocycles. The van der Waals surface area contributed by atoms with Crippen LogP contribution in [0.15, 0.2) is 17.2 Å². The van der Waals surface area contributed by atoms with Crippen molar-refractivity contribution in [1.82, 2.24) is 14.2 Å². The lowest BCUT2D eigenvalue weighted by Gasteiger charge is -2.36. The van der Waals surface area contributed by atoms with Crippen LogP contribution in [-0.2, 0) is 14.8 Å². The van der Waals surface area contributed by atoms with E-state index in [9.17, 15) is 13.2 Å². The summed E-state index contributed by atoms with van der Waals surface area (Å²) >= 11 is 11.5. The van der Waals surface area contributed by atoms with Crippen LogP contribution >= 0.6 is 23.2 Å². The lowest BCUT2D eigenvalue weighted by molar-refractivity contribution is -0.130. The van der Waals surface area contributed by atoms with Gasteiger partial charge in [0.15, 0.2) is 0 Å². The zero-order valence-electron chi connectivity index (χ0n) is 11.0. The van der Waals surface area contributed by atoms with Gasteiger partial charge in [-0.3, -0.25) is 4.79 Å². The maximum Gasteiger partial charge on any atom is 0.244 e. The molecule has 1 atom stereocenters. The third-order valence-electron chi connectivity index (χ3n) is 3.87. The highest BCUT2D eigenvalue weighted by Crippen LogP contribution is 2.28. The minimum absolute atomic E-state index is 0.0228. The Balaban J connectivity index is 1.85. The van der Waals surface area contributed by atoms with Gasteiger partial charge < -0.3 is 4.90 Å². The van der Waals surface area contributed by atoms with Crippen LogP contribution in [0, 0.1) is 0 Å². The number of fused-ring (bicyclic) bond motifs is 1. The molecule has 1 amide bonds. The van der Waals surface area contributed by atoms with Gasteiger partial charge in [-0.05, 0) is 12.5 Å². The van der Waals surface area contributed by atoms with Gasteiger partial charge in [0.1, 0.15) is 10.0 Å². The van der Waals surface area contributed by atoms with Gasteiger partial charge >= 0.3 is 0 Å². The highest BCUT2D eigenvalue weighted by Gasteiger charge is 2.39. The molecular formula is C12H13Cl2N3O3S. The van der Waals surface area contributed by atoms with Crippen LogP contribution in [-0.4, -0.2) is 54.2 Å². The molecule has 2 aliphatic rings. The fourth-order valence-corrected chi connectivity index (χ4v) is 4.52. The van der Waals surface area contributed by atoms with Crippen LogP contribution in [0.25, 0.3) is 0 Å². The predicted octanol–water partition coefficient (Wildman–Crippen LogP) is 1.38. The lowest BCUT2D eigenvalue weighted by Crippen LogP contribution is -2.53. The summed E-state index contributed by atoms with van der Waals surface area (Å²) in [5.74, 6) is 0.105. The number of hydrogen-bond donors (Lipinski definition) is 0. The van der Waals surface area contributed by atoms with Crippen molar-refractivity contribution in [3.05, 3.63) is 22.4 Å². The molecule has 3 heterocycles. The first-order valence-electron chi connectivity index (χ1n) is 6.50. The van der Waals surface area contributed by atoms with Crippen molar-refractivity contribution in [3.63, 3.8) is 0 Å². The Kier molecular flexibility index (Phi) is 3.85. The van der Waals surface area contributed by atoms with Gasteiger partial charge in [0, 0.05) is 38.3 Å². The molecule has 0 N–H and O–H groups in total. The predicted molar refractivity (Wildman–Crippen MR) is 77.8 cm³/mol. The number of aromatic nitrogens is 1. The highest BCUT2D eigenvalue weighted by molar-refractivity contribution is 7.89. The number of amides is 1. The number of halogens is 2. The van der Waals surface area contributed by atoms with E-state index >= 15 is 0 Å². The molecule has 114 valence electrons. The maximum absolute atomic E-state index is 12.6. The van der Waals surface area contributed by atoms with E-state index in [4.69, 9.17) is 23.2 Å². The first kappa shape index (κ1) is 15.0. The molecule has 6 nitrogen and oxygen atoms in total. The lowest BCUT2D eigenvalue weighted by atomic mass is 10.2. The van der Waals surface area contributed by atoms with E-state index in [1.165, 1.54) is 16.6 Å². The molecule has 0 bridgehead atoms. The average Bonchev–Trinajstić information content (AvgIpc) is 2.83. The zero-order valence-corrected chi connectivity index (χ0v) is 13.3. The summed E-state index contributed by atoms with van der Waals surface area (Å²) in [7, 11) is -3.67. The minimum atomic E-state index is -3.67. The molecule has 0 saturated carbocycles. The monoisotopic (exact) mass is 349 g/mol. The number of nitrogens with zero attached hydrogens (tertiary/aromatic N) is 3. The fraction of sp³-hybridized carbons (Fsp3) is 0.500. The molecular weight excluding hydrogens is 337 g/mol. The van der Waals surface area contributed by atoms with Gasteiger partial charge in [-0.25, -0.2) is 13.4 Å². The molecule has 2 aliphatic heterocycles. The Bertz CT molecular complexity index is 695. The molecule has 0 spiro atoms. The number of pyridine rings is 1. The minimum Gasteiger partial charge on any atom is -0.337 e. The SMILES string of the molecule is O=C1CCC2CN(S(=O)(=O)c3cnc(Cl)c(Cl)c3)CCN12. The van der Waals surface area contributed by atoms with E-state index < -0.39 is 10.0 Å². The largest absolute Gasteiger partial charge is 0.337 e. The van der Waals surface area contributed by atoms with Crippen molar-refractivity contribution in [2.45, 2.75) is 23.8 Å². The topological polar surface area (TPSA) is 70.6 Å². The molecule has 3 rings (SSSR count). The quantitative estimate of drug-likeness (QED) is 0.756. The second-order valence-electron chi connectivity index (χ2n) is 5.09. The van der Waals surface area contributed by atoms with Gasteiger partial charge in [-0.2, -0.15) is 4.31 Å². The third kappa shape index (κ3) is 2.63. The second-order valence-corrected chi connectivity index (χ2v) is 7.79. The van der Waals surface area contributed by atoms with Crippen molar-refractivity contribution in [3.8, 4) is 0 Å². The van der Waals surface area contributed by atoms with Gasteiger partial charge in [0.05, 0.1) is 5.02 Å². The standard InChI is InChI=1S/C12H13Cl2N3O3S/c13-10-5-9(6-15-12(10)14)21(19,20)16-3-4-17-8(7-16)1-2-11(17)18/h5-6,8H,1-4,7H2. The molecule has 2 fully saturated rings. The van der Waals surface area contributed by atoms with Gasteiger partial charge in [0.2, 0.25) is 15.9 Å². The van der Waals surface area contributed by atoms with Crippen molar-refractivity contribution in [1.29, 1.82) is 0 Å². The average molecular weight is 350 g/mol. The molecule has 9 heteroatoms. The summed E-state index contributed by atoms with van der Waals surface area (Å²) < 4.78 is 26.6. The highest BCUT2D eigenvalue weighted by atomic mass is 35.5. The number of carbonyl (C=O) groups is 1. The number of carbonyl (C=O) groups excluding carboxylic acids is 1. The smallest absolute Gasteiger partial charge is 0.244 e. The fourth-order valence-electron chi connectivity index (χ4n) is 2.75. The normalized spacial score (nSPS) is 23.4. The summed E-state index contributed by atoms with van der Waals surface area (Å²) in [5.41, 5.74) is 0. The summed E-state index contributed by atoms with van der Waals surface area (Å²) in [5, 5.41) is 0.175. The van der Waals surface area contributed by atoms with Crippen molar-refractivity contribution in [2.75, 3.05) is 19.6 Å². The number of rotatable bonds is 2. The van der Waals surface area contributed by atoms with Crippen LogP contribution in [0.3, 0.4) is 0 Å². The van der Waals surface area contributed by atoms with E-state index in [1.807, 2.05) is 0 Å². The summed E-state index contributed by atoms with van der Waals surface area (Å²) in [6.07, 6.45) is 2.40. The molecule has 1 aromatic heterocycles. The van der Waals surface area contributed by atoms with Crippen molar-refractivity contribution < 1.29 is 13.2 Å². The van der Waals surface area contributed by atoms with Crippen LogP contribution in [0.4, 0.5) is 0 Å². The molecule has 0 aliphatic carbocycles. The summed E-state index contributed by atoms with van der Waals surface area (Å²) in [6.45, 7) is 1.02. The van der Waals surface area contributed by atoms with E-state index in [0.717, 1.165) is 0 Å². The number of sulfonamides is 1. The van der Waals surface area contributed by atoms with Gasteiger partial charge in [-0.1, -0.05) is 23.2 Å². The van der Waals surface area contributed by atoms with Gasteiger partial charge in [0.25, 0.3) is 0 Å². The third-order valence-corrected chi connectivity index (χ3v) is 6.38. The second kappa shape index (κ2) is 5.39. The first-order valence-corrected chi connectivity index (χ1v) is 8.70. The summed E-state index contributed by atoms with van der Waals surface area (Å²) in [6, 6.07) is 1.27. The number of hydrogen-bond acceptors (Lipinski definition) is 4. The summed E-state index contributed by atoms with van der Waals surface area (Å²) in [4.78, 5) is 17.2. The Hall–Kier alpha value is -0.890. The number of piperazine rings is 1. The van der Waals surface area contributed by atoms with E-state index in [-0.39, 0.29) is 33.6 Å². The van der Waals surface area contributed by atoms with Crippen LogP contribution in [0.1, 0.15) is 12.8 Å². The van der Waals surface area contributed by atoms with Crippen LogP contribution < -0.4 is 0 Å². The van der Waals surface area contributed by atoms with Crippen molar-refractivity contribution in [2.24, 2.45) is 0 Å². The van der Waals surface area contributed by atoms with E-state index in [0.29, 0.717) is 25.9 Å². The van der Waals surface area contributed by atoms with Crippen LogP contribution in [0.2, 0.25) is 10.2 Å². The Morgan fingerprint density at radius 3 is 2.76 bits per heavy atom. The Morgan fingerprint density at radius 1 is 1.29 bits per heavy atom. The van der Waals surface area contributed by atoms with E-state index in [1.54, 1.807) is 4.90 Å². The maximum atomic E-state index is 12.6. The van der Waals surface area contributed by atoms with Crippen LogP contribution in [0.5, 0.6) is 0 Å². The van der Waals surface area contributed by atoms with E-state index in [2.05, 4.69) is 4.98 Å². The Morgan fingerprint density at radius 2 is 2.05 bits per heavy atom. The molecule has 2 saturated heterocycles. The molecule has 0 radical (unpaired) electrons. The molecule has 1 aromatic rings. The Labute approximate surface area is 132 Å². The first-order chi connectivity index (χ1) is 9.89. The molecule has 1 unspecified atom stereocenters. The molecule has 21 heavy (non-hydrogen) atoms. The zero-order chi connectivity index (χ0) is 15.2.